The zero-order chi connectivity index (χ0) is 13.3. The predicted molar refractivity (Wildman–Crippen MR) is 81.0 cm³/mol. The molecule has 2 rings (SSSR count). The lowest BCUT2D eigenvalue weighted by molar-refractivity contribution is 0.790. The number of hydrogen-bond acceptors (Lipinski definition) is 2. The van der Waals surface area contributed by atoms with Gasteiger partial charge in [-0.05, 0) is 18.6 Å². The first-order valence-corrected chi connectivity index (χ1v) is 7.70. The molecule has 1 atom stereocenters. The van der Waals surface area contributed by atoms with Crippen molar-refractivity contribution in [1.29, 1.82) is 0 Å². The van der Waals surface area contributed by atoms with Gasteiger partial charge in [0, 0.05) is 4.47 Å². The van der Waals surface area contributed by atoms with E-state index >= 15 is 0 Å². The monoisotopic (exact) mass is 411 g/mol. The van der Waals surface area contributed by atoms with Gasteiger partial charge in [-0.3, -0.25) is 0 Å². The number of benzene rings is 1. The van der Waals surface area contributed by atoms with Crippen LogP contribution in [0.5, 0.6) is 0 Å². The van der Waals surface area contributed by atoms with Crippen LogP contribution in [-0.4, -0.2) is 15.0 Å². The molecule has 96 valence electrons. The summed E-state index contributed by atoms with van der Waals surface area (Å²) in [6, 6.07) is 3.55. The molecule has 1 aromatic carbocycles. The van der Waals surface area contributed by atoms with Crippen molar-refractivity contribution in [3.8, 4) is 5.69 Å². The van der Waals surface area contributed by atoms with Crippen LogP contribution >= 0.6 is 55.1 Å². The second-order valence-corrected chi connectivity index (χ2v) is 6.52. The summed E-state index contributed by atoms with van der Waals surface area (Å²) in [5.41, 5.74) is 1.49. The quantitative estimate of drug-likeness (QED) is 0.649. The maximum Gasteiger partial charge on any atom is 0.104 e. The summed E-state index contributed by atoms with van der Waals surface area (Å²) in [6.45, 7) is 2.07. The van der Waals surface area contributed by atoms with Crippen molar-refractivity contribution >= 4 is 55.1 Å². The fourth-order valence-electron chi connectivity index (χ4n) is 1.49. The van der Waals surface area contributed by atoms with Crippen LogP contribution in [0.3, 0.4) is 0 Å². The number of aromatic nitrogens is 3. The molecule has 0 aliphatic heterocycles. The van der Waals surface area contributed by atoms with Crippen LogP contribution in [0.25, 0.3) is 5.69 Å². The highest BCUT2D eigenvalue weighted by molar-refractivity contribution is 9.10. The molecule has 0 aliphatic carbocycles. The summed E-state index contributed by atoms with van der Waals surface area (Å²) >= 11 is 19.2. The van der Waals surface area contributed by atoms with E-state index in [2.05, 4.69) is 49.1 Å². The fraction of sp³-hybridized carbons (Fsp3) is 0.273. The topological polar surface area (TPSA) is 30.7 Å². The van der Waals surface area contributed by atoms with Crippen molar-refractivity contribution in [3.05, 3.63) is 38.5 Å². The Bertz CT molecular complexity index is 548. The zero-order valence-corrected chi connectivity index (χ0v) is 14.1. The summed E-state index contributed by atoms with van der Waals surface area (Å²) in [6.07, 6.45) is 2.75. The van der Waals surface area contributed by atoms with E-state index in [-0.39, 0.29) is 4.83 Å². The molecule has 0 spiro atoms. The fourth-order valence-corrected chi connectivity index (χ4v) is 3.08. The van der Waals surface area contributed by atoms with Crippen LogP contribution in [0.15, 0.2) is 22.8 Å². The maximum absolute atomic E-state index is 6.18. The van der Waals surface area contributed by atoms with Gasteiger partial charge < -0.3 is 0 Å². The SMILES string of the molecule is CCC(Br)c1cn(-c2c(Cl)cc(Br)cc2Cl)nn1. The summed E-state index contributed by atoms with van der Waals surface area (Å²) in [4.78, 5) is 0.180. The van der Waals surface area contributed by atoms with Crippen molar-refractivity contribution in [2.24, 2.45) is 0 Å². The van der Waals surface area contributed by atoms with E-state index in [9.17, 15) is 0 Å². The van der Waals surface area contributed by atoms with E-state index in [1.165, 1.54) is 0 Å². The Morgan fingerprint density at radius 1 is 1.33 bits per heavy atom. The van der Waals surface area contributed by atoms with E-state index in [0.29, 0.717) is 15.7 Å². The first kappa shape index (κ1) is 14.3. The van der Waals surface area contributed by atoms with Gasteiger partial charge in [0.15, 0.2) is 0 Å². The minimum Gasteiger partial charge on any atom is -0.217 e. The molecule has 1 aromatic heterocycles. The largest absolute Gasteiger partial charge is 0.217 e. The van der Waals surface area contributed by atoms with Gasteiger partial charge in [0.25, 0.3) is 0 Å². The van der Waals surface area contributed by atoms with E-state index in [4.69, 9.17) is 23.2 Å². The van der Waals surface area contributed by atoms with Gasteiger partial charge in [0.05, 0.1) is 26.8 Å². The van der Waals surface area contributed by atoms with E-state index < -0.39 is 0 Å². The summed E-state index contributed by atoms with van der Waals surface area (Å²) in [5.74, 6) is 0. The molecule has 0 amide bonds. The van der Waals surface area contributed by atoms with Gasteiger partial charge in [-0.15, -0.1) is 5.10 Å². The smallest absolute Gasteiger partial charge is 0.104 e. The predicted octanol–water partition coefficient (Wildman–Crippen LogP) is 5.18. The average Bonchev–Trinajstić information content (AvgIpc) is 2.76. The first-order chi connectivity index (χ1) is 8.52. The Hall–Kier alpha value is -0.100. The molecule has 1 heterocycles. The van der Waals surface area contributed by atoms with Gasteiger partial charge in [-0.25, -0.2) is 4.68 Å². The zero-order valence-electron chi connectivity index (χ0n) is 9.37. The normalized spacial score (nSPS) is 12.7. The second-order valence-electron chi connectivity index (χ2n) is 3.68. The van der Waals surface area contributed by atoms with Crippen LogP contribution in [0, 0.1) is 0 Å². The number of halogens is 4. The van der Waals surface area contributed by atoms with Gasteiger partial charge in [-0.2, -0.15) is 0 Å². The van der Waals surface area contributed by atoms with Crippen LogP contribution in [-0.2, 0) is 0 Å². The lowest BCUT2D eigenvalue weighted by Crippen LogP contribution is -1.97. The number of alkyl halides is 1. The van der Waals surface area contributed by atoms with Crippen molar-refractivity contribution in [3.63, 3.8) is 0 Å². The van der Waals surface area contributed by atoms with Crippen molar-refractivity contribution in [2.45, 2.75) is 18.2 Å². The Morgan fingerprint density at radius 3 is 2.50 bits per heavy atom. The van der Waals surface area contributed by atoms with Crippen LogP contribution in [0.1, 0.15) is 23.9 Å². The molecule has 0 radical (unpaired) electrons. The Morgan fingerprint density at radius 2 is 1.94 bits per heavy atom. The van der Waals surface area contributed by atoms with Crippen LogP contribution in [0.4, 0.5) is 0 Å². The molecule has 0 N–H and O–H groups in total. The first-order valence-electron chi connectivity index (χ1n) is 5.24. The molecule has 0 saturated carbocycles. The molecule has 2 aromatic rings. The summed E-state index contributed by atoms with van der Waals surface area (Å²) in [5, 5.41) is 9.21. The summed E-state index contributed by atoms with van der Waals surface area (Å²) < 4.78 is 2.42. The van der Waals surface area contributed by atoms with Gasteiger partial charge >= 0.3 is 0 Å². The highest BCUT2D eigenvalue weighted by atomic mass is 79.9. The molecular formula is C11H9Br2Cl2N3. The van der Waals surface area contributed by atoms with Crippen molar-refractivity contribution in [2.75, 3.05) is 0 Å². The van der Waals surface area contributed by atoms with Crippen LogP contribution < -0.4 is 0 Å². The van der Waals surface area contributed by atoms with Crippen molar-refractivity contribution in [1.82, 2.24) is 15.0 Å². The Kier molecular flexibility index (Phi) is 4.69. The minimum atomic E-state index is 0.180. The van der Waals surface area contributed by atoms with E-state index in [1.807, 2.05) is 6.20 Å². The third kappa shape index (κ3) is 2.90. The van der Waals surface area contributed by atoms with E-state index in [0.717, 1.165) is 16.6 Å². The highest BCUT2D eigenvalue weighted by Crippen LogP contribution is 2.33. The molecule has 0 bridgehead atoms. The molecular weight excluding hydrogens is 405 g/mol. The lowest BCUT2D eigenvalue weighted by atomic mass is 10.3. The molecule has 1 unspecified atom stereocenters. The third-order valence-corrected chi connectivity index (χ3v) is 4.55. The van der Waals surface area contributed by atoms with Crippen molar-refractivity contribution < 1.29 is 0 Å². The second kappa shape index (κ2) is 5.90. The summed E-state index contributed by atoms with van der Waals surface area (Å²) in [7, 11) is 0. The standard InChI is InChI=1S/C11H9Br2Cl2N3/c1-2-7(13)10-5-18(17-16-10)11-8(14)3-6(12)4-9(11)15/h3-5,7H,2H2,1H3. The van der Waals surface area contributed by atoms with Gasteiger partial charge in [-0.1, -0.05) is 67.2 Å². The highest BCUT2D eigenvalue weighted by Gasteiger charge is 2.14. The van der Waals surface area contributed by atoms with Gasteiger partial charge in [0.2, 0.25) is 0 Å². The number of rotatable bonds is 3. The van der Waals surface area contributed by atoms with Gasteiger partial charge in [0.1, 0.15) is 5.69 Å². The van der Waals surface area contributed by atoms with E-state index in [1.54, 1.807) is 16.8 Å². The molecule has 0 saturated heterocycles. The third-order valence-electron chi connectivity index (χ3n) is 2.40. The molecule has 18 heavy (non-hydrogen) atoms. The number of nitrogens with zero attached hydrogens (tertiary/aromatic N) is 3. The maximum atomic E-state index is 6.18. The molecule has 7 heteroatoms. The minimum absolute atomic E-state index is 0.180. The Labute approximate surface area is 132 Å². The van der Waals surface area contributed by atoms with Crippen LogP contribution in [0.2, 0.25) is 10.0 Å². The molecule has 3 nitrogen and oxygen atoms in total. The Balaban J connectivity index is 2.46. The average molecular weight is 414 g/mol. The number of hydrogen-bond donors (Lipinski definition) is 0. The lowest BCUT2D eigenvalue weighted by Gasteiger charge is -2.06. The molecule has 0 aliphatic rings. The molecule has 0 fully saturated rings.